The summed E-state index contributed by atoms with van der Waals surface area (Å²) in [6.45, 7) is 2.95. The van der Waals surface area contributed by atoms with Crippen molar-refractivity contribution in [1.82, 2.24) is 9.97 Å². The number of benzene rings is 2. The Labute approximate surface area is 150 Å². The van der Waals surface area contributed by atoms with Crippen molar-refractivity contribution in [3.63, 3.8) is 0 Å². The Morgan fingerprint density at radius 2 is 1.69 bits per heavy atom. The quantitative estimate of drug-likeness (QED) is 0.734. The number of anilines is 4. The van der Waals surface area contributed by atoms with Crippen LogP contribution in [-0.4, -0.2) is 23.2 Å². The Morgan fingerprint density at radius 3 is 2.54 bits per heavy atom. The number of hydrogen-bond acceptors (Lipinski definition) is 6. The molecule has 132 valence electrons. The van der Waals surface area contributed by atoms with E-state index in [-0.39, 0.29) is 5.82 Å². The second kappa shape index (κ2) is 6.87. The average molecular weight is 352 g/mol. The zero-order chi connectivity index (χ0) is 17.9. The van der Waals surface area contributed by atoms with Gasteiger partial charge in [0.05, 0.1) is 0 Å². The van der Waals surface area contributed by atoms with E-state index in [0.717, 1.165) is 17.1 Å². The topological polar surface area (TPSA) is 68.3 Å². The standard InChI is InChI=1S/C19H17FN4O2/c1-12-9-18(22-14-4-2-3-13(20)10-14)24-19(21-12)23-15-5-6-16-17(11-15)26-8-7-25-16/h2-6,9-11H,7-8H2,1H3,(H2,21,22,23,24). The minimum atomic E-state index is -0.310. The van der Waals surface area contributed by atoms with Gasteiger partial charge in [-0.25, -0.2) is 9.37 Å². The molecule has 0 atom stereocenters. The molecule has 26 heavy (non-hydrogen) atoms. The summed E-state index contributed by atoms with van der Waals surface area (Å²) in [7, 11) is 0. The van der Waals surface area contributed by atoms with Crippen molar-refractivity contribution >= 4 is 23.1 Å². The first-order valence-electron chi connectivity index (χ1n) is 8.21. The van der Waals surface area contributed by atoms with Gasteiger partial charge in [0.2, 0.25) is 5.95 Å². The molecule has 0 radical (unpaired) electrons. The summed E-state index contributed by atoms with van der Waals surface area (Å²) < 4.78 is 24.5. The van der Waals surface area contributed by atoms with Crippen LogP contribution < -0.4 is 20.1 Å². The highest BCUT2D eigenvalue weighted by atomic mass is 19.1. The summed E-state index contributed by atoms with van der Waals surface area (Å²) >= 11 is 0. The summed E-state index contributed by atoms with van der Waals surface area (Å²) in [5.41, 5.74) is 2.18. The van der Waals surface area contributed by atoms with Gasteiger partial charge in [0, 0.05) is 29.2 Å². The predicted molar refractivity (Wildman–Crippen MR) is 97.2 cm³/mol. The molecule has 3 aromatic rings. The largest absolute Gasteiger partial charge is 0.486 e. The molecule has 0 aliphatic carbocycles. The first-order valence-corrected chi connectivity index (χ1v) is 8.21. The van der Waals surface area contributed by atoms with Crippen LogP contribution in [0.15, 0.2) is 48.5 Å². The van der Waals surface area contributed by atoms with Crippen LogP contribution in [0.4, 0.5) is 27.5 Å². The van der Waals surface area contributed by atoms with Crippen LogP contribution in [0.2, 0.25) is 0 Å². The highest BCUT2D eigenvalue weighted by Crippen LogP contribution is 2.33. The van der Waals surface area contributed by atoms with Crippen LogP contribution >= 0.6 is 0 Å². The van der Waals surface area contributed by atoms with Crippen molar-refractivity contribution in [2.75, 3.05) is 23.8 Å². The fourth-order valence-electron chi connectivity index (χ4n) is 2.65. The second-order valence-electron chi connectivity index (χ2n) is 5.84. The van der Waals surface area contributed by atoms with Crippen LogP contribution in [-0.2, 0) is 0 Å². The number of nitrogens with zero attached hydrogens (tertiary/aromatic N) is 2. The number of hydrogen-bond donors (Lipinski definition) is 2. The number of ether oxygens (including phenoxy) is 2. The van der Waals surface area contributed by atoms with Crippen molar-refractivity contribution in [2.24, 2.45) is 0 Å². The minimum Gasteiger partial charge on any atom is -0.486 e. The monoisotopic (exact) mass is 352 g/mol. The lowest BCUT2D eigenvalue weighted by atomic mass is 10.2. The van der Waals surface area contributed by atoms with Crippen LogP contribution in [0.25, 0.3) is 0 Å². The van der Waals surface area contributed by atoms with Crippen LogP contribution in [0.1, 0.15) is 5.69 Å². The Hall–Kier alpha value is -3.35. The molecule has 6 nitrogen and oxygen atoms in total. The number of rotatable bonds is 4. The van der Waals surface area contributed by atoms with Crippen LogP contribution in [0.5, 0.6) is 11.5 Å². The van der Waals surface area contributed by atoms with Crippen molar-refractivity contribution in [3.8, 4) is 11.5 Å². The molecule has 2 aromatic carbocycles. The Morgan fingerprint density at radius 1 is 0.885 bits per heavy atom. The maximum atomic E-state index is 13.3. The van der Waals surface area contributed by atoms with Crippen molar-refractivity contribution in [2.45, 2.75) is 6.92 Å². The lowest BCUT2D eigenvalue weighted by Crippen LogP contribution is -2.15. The zero-order valence-electron chi connectivity index (χ0n) is 14.1. The molecule has 2 N–H and O–H groups in total. The summed E-state index contributed by atoms with van der Waals surface area (Å²) in [5.74, 6) is 2.10. The fraction of sp³-hybridized carbons (Fsp3) is 0.158. The van der Waals surface area contributed by atoms with E-state index >= 15 is 0 Å². The number of fused-ring (bicyclic) bond motifs is 1. The number of aryl methyl sites for hydroxylation is 1. The first kappa shape index (κ1) is 16.1. The van der Waals surface area contributed by atoms with Gasteiger partial charge in [-0.2, -0.15) is 4.98 Å². The third-order valence-corrected chi connectivity index (χ3v) is 3.75. The highest BCUT2D eigenvalue weighted by Gasteiger charge is 2.12. The van der Waals surface area contributed by atoms with E-state index in [1.165, 1.54) is 12.1 Å². The van der Waals surface area contributed by atoms with Crippen molar-refractivity contribution in [1.29, 1.82) is 0 Å². The molecule has 0 amide bonds. The molecule has 0 bridgehead atoms. The zero-order valence-corrected chi connectivity index (χ0v) is 14.1. The van der Waals surface area contributed by atoms with E-state index in [0.29, 0.717) is 36.4 Å². The van der Waals surface area contributed by atoms with E-state index < -0.39 is 0 Å². The number of nitrogens with one attached hydrogen (secondary N) is 2. The molecular weight excluding hydrogens is 335 g/mol. The third-order valence-electron chi connectivity index (χ3n) is 3.75. The maximum absolute atomic E-state index is 13.3. The summed E-state index contributed by atoms with van der Waals surface area (Å²) in [6.07, 6.45) is 0. The number of halogens is 1. The molecule has 1 aliphatic rings. The minimum absolute atomic E-state index is 0.310. The van der Waals surface area contributed by atoms with E-state index in [2.05, 4.69) is 20.6 Å². The van der Waals surface area contributed by atoms with Gasteiger partial charge in [-0.3, -0.25) is 0 Å². The van der Waals surface area contributed by atoms with Crippen molar-refractivity contribution in [3.05, 3.63) is 60.0 Å². The lowest BCUT2D eigenvalue weighted by Gasteiger charge is -2.19. The van der Waals surface area contributed by atoms with Crippen molar-refractivity contribution < 1.29 is 13.9 Å². The predicted octanol–water partition coefficient (Wildman–Crippen LogP) is 4.18. The van der Waals surface area contributed by atoms with E-state index in [4.69, 9.17) is 9.47 Å². The molecule has 1 aromatic heterocycles. The molecule has 7 heteroatoms. The van der Waals surface area contributed by atoms with Gasteiger partial charge in [0.1, 0.15) is 24.8 Å². The summed E-state index contributed by atoms with van der Waals surface area (Å²) in [5, 5.41) is 6.25. The van der Waals surface area contributed by atoms with E-state index in [1.807, 2.05) is 25.1 Å². The highest BCUT2D eigenvalue weighted by molar-refractivity contribution is 5.62. The fourth-order valence-corrected chi connectivity index (χ4v) is 2.65. The van der Waals surface area contributed by atoms with Gasteiger partial charge < -0.3 is 20.1 Å². The maximum Gasteiger partial charge on any atom is 0.229 e. The third kappa shape index (κ3) is 3.66. The molecule has 4 rings (SSSR count). The normalized spacial score (nSPS) is 12.5. The lowest BCUT2D eigenvalue weighted by molar-refractivity contribution is 0.171. The molecule has 0 unspecified atom stereocenters. The van der Waals surface area contributed by atoms with E-state index in [9.17, 15) is 4.39 Å². The molecule has 0 saturated carbocycles. The van der Waals surface area contributed by atoms with Crippen LogP contribution in [0.3, 0.4) is 0 Å². The SMILES string of the molecule is Cc1cc(Nc2cccc(F)c2)nc(Nc2ccc3c(c2)OCCO3)n1. The summed E-state index contributed by atoms with van der Waals surface area (Å²) in [4.78, 5) is 8.83. The van der Waals surface area contributed by atoms with Crippen LogP contribution in [0, 0.1) is 12.7 Å². The molecule has 2 heterocycles. The van der Waals surface area contributed by atoms with Gasteiger partial charge >= 0.3 is 0 Å². The smallest absolute Gasteiger partial charge is 0.229 e. The van der Waals surface area contributed by atoms with E-state index in [1.54, 1.807) is 18.2 Å². The molecule has 1 aliphatic heterocycles. The molecule has 0 spiro atoms. The van der Waals surface area contributed by atoms with Gasteiger partial charge in [0.25, 0.3) is 0 Å². The number of aromatic nitrogens is 2. The molecule has 0 saturated heterocycles. The second-order valence-corrected chi connectivity index (χ2v) is 5.84. The van der Waals surface area contributed by atoms with Gasteiger partial charge in [-0.15, -0.1) is 0 Å². The Kier molecular flexibility index (Phi) is 4.27. The van der Waals surface area contributed by atoms with Gasteiger partial charge in [-0.1, -0.05) is 6.07 Å². The van der Waals surface area contributed by atoms with Gasteiger partial charge in [-0.05, 0) is 37.3 Å². The average Bonchev–Trinajstić information content (AvgIpc) is 2.61. The first-order chi connectivity index (χ1) is 12.7. The van der Waals surface area contributed by atoms with Gasteiger partial charge in [0.15, 0.2) is 11.5 Å². The Bertz CT molecular complexity index is 949. The molecular formula is C19H17FN4O2. The molecule has 0 fully saturated rings. The Balaban J connectivity index is 1.56. The summed E-state index contributed by atoms with van der Waals surface area (Å²) in [6, 6.07) is 13.6.